The number of rotatable bonds is 3. The van der Waals surface area contributed by atoms with E-state index in [-0.39, 0.29) is 11.5 Å². The summed E-state index contributed by atoms with van der Waals surface area (Å²) in [7, 11) is 0. The Morgan fingerprint density at radius 2 is 1.95 bits per heavy atom. The number of aliphatic hydroxyl groups excluding tert-OH is 1. The van der Waals surface area contributed by atoms with E-state index in [0.29, 0.717) is 5.92 Å². The van der Waals surface area contributed by atoms with Crippen molar-refractivity contribution in [1.82, 2.24) is 0 Å². The van der Waals surface area contributed by atoms with Crippen LogP contribution in [0.4, 0.5) is 0 Å². The molecule has 19 heavy (non-hydrogen) atoms. The quantitative estimate of drug-likeness (QED) is 0.852. The second-order valence-corrected chi connectivity index (χ2v) is 7.03. The van der Waals surface area contributed by atoms with Gasteiger partial charge < -0.3 is 5.11 Å². The average Bonchev–Trinajstić information content (AvgIpc) is 2.33. The first-order valence-electron chi connectivity index (χ1n) is 7.64. The lowest BCUT2D eigenvalue weighted by atomic mass is 9.66. The molecule has 1 heteroatoms. The van der Waals surface area contributed by atoms with Crippen molar-refractivity contribution in [2.24, 2.45) is 11.3 Å². The molecule has 2 atom stereocenters. The molecule has 0 aliphatic heterocycles. The molecule has 1 N–H and O–H groups in total. The maximum atomic E-state index is 10.6. The molecule has 1 saturated carbocycles. The van der Waals surface area contributed by atoms with E-state index in [0.717, 1.165) is 6.42 Å². The van der Waals surface area contributed by atoms with Crippen molar-refractivity contribution >= 4 is 0 Å². The fourth-order valence-electron chi connectivity index (χ4n) is 3.55. The lowest BCUT2D eigenvalue weighted by molar-refractivity contribution is 0.00580. The summed E-state index contributed by atoms with van der Waals surface area (Å²) >= 11 is 0. The van der Waals surface area contributed by atoms with Gasteiger partial charge in [-0.1, -0.05) is 44.9 Å². The molecule has 0 bridgehead atoms. The molecule has 1 fully saturated rings. The molecule has 106 valence electrons. The van der Waals surface area contributed by atoms with Crippen LogP contribution < -0.4 is 0 Å². The highest BCUT2D eigenvalue weighted by molar-refractivity contribution is 5.30. The Hall–Kier alpha value is -0.820. The third-order valence-corrected chi connectivity index (χ3v) is 5.07. The average molecular weight is 260 g/mol. The lowest BCUT2D eigenvalue weighted by Crippen LogP contribution is -2.37. The standard InChI is InChI=1S/C18H28O/c1-13-8-9-15(11-14(13)2)12-17(19)16-7-5-6-10-18(16,3)4/h8-9,11,16-17,19H,5-7,10,12H2,1-4H3. The van der Waals surface area contributed by atoms with Crippen molar-refractivity contribution in [2.75, 3.05) is 0 Å². The second-order valence-electron chi connectivity index (χ2n) is 7.03. The summed E-state index contributed by atoms with van der Waals surface area (Å²) in [6.07, 6.45) is 5.63. The van der Waals surface area contributed by atoms with Gasteiger partial charge in [-0.05, 0) is 61.1 Å². The molecule has 0 amide bonds. The molecule has 0 radical (unpaired) electrons. The molecule has 0 aromatic heterocycles. The number of hydrogen-bond donors (Lipinski definition) is 1. The van der Waals surface area contributed by atoms with Crippen molar-refractivity contribution in [3.63, 3.8) is 0 Å². The molecular formula is C18H28O. The van der Waals surface area contributed by atoms with E-state index >= 15 is 0 Å². The third kappa shape index (κ3) is 3.39. The van der Waals surface area contributed by atoms with E-state index in [9.17, 15) is 5.11 Å². The van der Waals surface area contributed by atoms with Gasteiger partial charge in [0.15, 0.2) is 0 Å². The molecule has 2 unspecified atom stereocenters. The normalized spacial score (nSPS) is 24.2. The molecule has 1 aromatic rings. The largest absolute Gasteiger partial charge is 0.392 e. The minimum Gasteiger partial charge on any atom is -0.392 e. The number of aryl methyl sites for hydroxylation is 2. The van der Waals surface area contributed by atoms with Crippen LogP contribution in [0.25, 0.3) is 0 Å². The summed E-state index contributed by atoms with van der Waals surface area (Å²) in [6.45, 7) is 8.93. The van der Waals surface area contributed by atoms with Crippen molar-refractivity contribution in [2.45, 2.75) is 65.9 Å². The summed E-state index contributed by atoms with van der Waals surface area (Å²) in [5.41, 5.74) is 4.22. The lowest BCUT2D eigenvalue weighted by Gasteiger charge is -2.41. The third-order valence-electron chi connectivity index (χ3n) is 5.07. The minimum absolute atomic E-state index is 0.197. The molecular weight excluding hydrogens is 232 g/mol. The van der Waals surface area contributed by atoms with Gasteiger partial charge in [-0.15, -0.1) is 0 Å². The van der Waals surface area contributed by atoms with Crippen molar-refractivity contribution in [1.29, 1.82) is 0 Å². The first-order valence-corrected chi connectivity index (χ1v) is 7.64. The van der Waals surface area contributed by atoms with E-state index in [2.05, 4.69) is 45.9 Å². The zero-order valence-corrected chi connectivity index (χ0v) is 12.9. The van der Waals surface area contributed by atoms with Crippen LogP contribution in [-0.4, -0.2) is 11.2 Å². The van der Waals surface area contributed by atoms with Crippen LogP contribution in [-0.2, 0) is 6.42 Å². The van der Waals surface area contributed by atoms with Gasteiger partial charge in [-0.3, -0.25) is 0 Å². The van der Waals surface area contributed by atoms with E-state index in [1.54, 1.807) is 0 Å². The summed E-state index contributed by atoms with van der Waals surface area (Å²) in [6, 6.07) is 6.57. The van der Waals surface area contributed by atoms with E-state index in [1.807, 2.05) is 0 Å². The number of benzene rings is 1. The summed E-state index contributed by atoms with van der Waals surface area (Å²) < 4.78 is 0. The smallest absolute Gasteiger partial charge is 0.0613 e. The molecule has 0 spiro atoms. The fourth-order valence-corrected chi connectivity index (χ4v) is 3.55. The Labute approximate surface area is 118 Å². The van der Waals surface area contributed by atoms with Crippen LogP contribution in [0.1, 0.15) is 56.2 Å². The predicted octanol–water partition coefficient (Wildman–Crippen LogP) is 4.42. The molecule has 1 nitrogen and oxygen atoms in total. The van der Waals surface area contributed by atoms with Gasteiger partial charge in [-0.25, -0.2) is 0 Å². The SMILES string of the molecule is Cc1ccc(CC(O)C2CCCCC2(C)C)cc1C. The number of aliphatic hydroxyl groups is 1. The van der Waals surface area contributed by atoms with E-state index < -0.39 is 0 Å². The van der Waals surface area contributed by atoms with Crippen LogP contribution in [0.15, 0.2) is 18.2 Å². The van der Waals surface area contributed by atoms with Crippen LogP contribution in [0.2, 0.25) is 0 Å². The topological polar surface area (TPSA) is 20.2 Å². The zero-order chi connectivity index (χ0) is 14.0. The monoisotopic (exact) mass is 260 g/mol. The fraction of sp³-hybridized carbons (Fsp3) is 0.667. The van der Waals surface area contributed by atoms with Gasteiger partial charge in [0.2, 0.25) is 0 Å². The first-order chi connectivity index (χ1) is 8.90. The van der Waals surface area contributed by atoms with Gasteiger partial charge in [0.25, 0.3) is 0 Å². The summed E-state index contributed by atoms with van der Waals surface area (Å²) in [5.74, 6) is 0.447. The Balaban J connectivity index is 2.07. The van der Waals surface area contributed by atoms with E-state index in [1.165, 1.54) is 42.4 Å². The molecule has 0 saturated heterocycles. The molecule has 1 aliphatic rings. The minimum atomic E-state index is -0.197. The summed E-state index contributed by atoms with van der Waals surface area (Å²) in [4.78, 5) is 0. The highest BCUT2D eigenvalue weighted by atomic mass is 16.3. The van der Waals surface area contributed by atoms with Crippen molar-refractivity contribution in [3.05, 3.63) is 34.9 Å². The van der Waals surface area contributed by atoms with Crippen molar-refractivity contribution < 1.29 is 5.11 Å². The Morgan fingerprint density at radius 3 is 2.58 bits per heavy atom. The Bertz CT molecular complexity index is 433. The van der Waals surface area contributed by atoms with Crippen LogP contribution >= 0.6 is 0 Å². The second kappa shape index (κ2) is 5.66. The van der Waals surface area contributed by atoms with Gasteiger partial charge in [-0.2, -0.15) is 0 Å². The predicted molar refractivity (Wildman–Crippen MR) is 81.4 cm³/mol. The molecule has 1 aliphatic carbocycles. The highest BCUT2D eigenvalue weighted by Crippen LogP contribution is 2.42. The Morgan fingerprint density at radius 1 is 1.21 bits per heavy atom. The molecule has 0 heterocycles. The molecule has 2 rings (SSSR count). The van der Waals surface area contributed by atoms with Gasteiger partial charge in [0.05, 0.1) is 6.10 Å². The van der Waals surface area contributed by atoms with Crippen molar-refractivity contribution in [3.8, 4) is 0 Å². The maximum Gasteiger partial charge on any atom is 0.0613 e. The highest BCUT2D eigenvalue weighted by Gasteiger charge is 2.36. The van der Waals surface area contributed by atoms with Gasteiger partial charge >= 0.3 is 0 Å². The Kier molecular flexibility index (Phi) is 4.35. The number of hydrogen-bond acceptors (Lipinski definition) is 1. The summed E-state index contributed by atoms with van der Waals surface area (Å²) in [5, 5.41) is 10.6. The molecule has 1 aromatic carbocycles. The van der Waals surface area contributed by atoms with Crippen LogP contribution in [0.5, 0.6) is 0 Å². The maximum absolute atomic E-state index is 10.6. The zero-order valence-electron chi connectivity index (χ0n) is 12.9. The van der Waals surface area contributed by atoms with Gasteiger partial charge in [0, 0.05) is 0 Å². The first kappa shape index (κ1) is 14.6. The van der Waals surface area contributed by atoms with E-state index in [4.69, 9.17) is 0 Å². The van der Waals surface area contributed by atoms with Crippen LogP contribution in [0.3, 0.4) is 0 Å². The van der Waals surface area contributed by atoms with Crippen LogP contribution in [0, 0.1) is 25.2 Å². The van der Waals surface area contributed by atoms with Gasteiger partial charge in [0.1, 0.15) is 0 Å².